The highest BCUT2D eigenvalue weighted by Crippen LogP contribution is 2.33. The van der Waals surface area contributed by atoms with Crippen molar-refractivity contribution in [3.63, 3.8) is 0 Å². The molecule has 0 bridgehead atoms. The van der Waals surface area contributed by atoms with Gasteiger partial charge in [0.1, 0.15) is 5.75 Å². The fraction of sp³-hybridized carbons (Fsp3) is 0.300. The minimum Gasteiger partial charge on any atom is -0.497 e. The third-order valence-electron chi connectivity index (χ3n) is 4.56. The van der Waals surface area contributed by atoms with Crippen molar-refractivity contribution in [3.05, 3.63) is 52.5 Å². The highest BCUT2D eigenvalue weighted by atomic mass is 79.9. The van der Waals surface area contributed by atoms with E-state index in [0.717, 1.165) is 39.9 Å². The molecule has 1 unspecified atom stereocenters. The van der Waals surface area contributed by atoms with Crippen LogP contribution >= 0.6 is 27.3 Å². The zero-order valence-corrected chi connectivity index (χ0v) is 17.3. The number of ether oxygens (including phenoxy) is 2. The Morgan fingerprint density at radius 1 is 1.33 bits per heavy atom. The molecule has 0 spiro atoms. The Hall–Kier alpha value is -1.96. The van der Waals surface area contributed by atoms with Crippen LogP contribution < -0.4 is 9.64 Å². The van der Waals surface area contributed by atoms with Gasteiger partial charge < -0.3 is 9.47 Å². The summed E-state index contributed by atoms with van der Waals surface area (Å²) in [7, 11) is 1.63. The minimum atomic E-state index is -0.0657. The van der Waals surface area contributed by atoms with Gasteiger partial charge in [0.25, 0.3) is 5.91 Å². The lowest BCUT2D eigenvalue weighted by atomic mass is 10.2. The number of nitrogens with zero attached hydrogens (tertiary/aromatic N) is 2. The Labute approximate surface area is 170 Å². The summed E-state index contributed by atoms with van der Waals surface area (Å²) in [5, 5.41) is 0.682. The number of halogens is 1. The van der Waals surface area contributed by atoms with Crippen LogP contribution in [-0.4, -0.2) is 37.3 Å². The number of hydrogen-bond donors (Lipinski definition) is 0. The van der Waals surface area contributed by atoms with Crippen LogP contribution in [-0.2, 0) is 4.74 Å². The second-order valence-corrected chi connectivity index (χ2v) is 8.31. The zero-order valence-electron chi connectivity index (χ0n) is 14.9. The molecule has 1 aliphatic rings. The quantitative estimate of drug-likeness (QED) is 0.559. The van der Waals surface area contributed by atoms with Gasteiger partial charge in [0, 0.05) is 22.7 Å². The predicted molar refractivity (Wildman–Crippen MR) is 111 cm³/mol. The number of methoxy groups -OCH3 is 1. The smallest absolute Gasteiger partial charge is 0.260 e. The Bertz CT molecular complexity index is 952. The number of carbonyl (C=O) groups is 1. The van der Waals surface area contributed by atoms with E-state index in [-0.39, 0.29) is 12.0 Å². The molecule has 0 saturated carbocycles. The topological polar surface area (TPSA) is 51.7 Å². The van der Waals surface area contributed by atoms with E-state index in [4.69, 9.17) is 14.5 Å². The Balaban J connectivity index is 1.70. The summed E-state index contributed by atoms with van der Waals surface area (Å²) in [6.45, 7) is 1.26. The van der Waals surface area contributed by atoms with Gasteiger partial charge in [-0.2, -0.15) is 0 Å². The summed E-state index contributed by atoms with van der Waals surface area (Å²) in [4.78, 5) is 19.7. The molecule has 27 heavy (non-hydrogen) atoms. The van der Waals surface area contributed by atoms with Gasteiger partial charge in [-0.1, -0.05) is 27.3 Å². The van der Waals surface area contributed by atoms with Crippen molar-refractivity contribution in [1.82, 2.24) is 4.98 Å². The lowest BCUT2D eigenvalue weighted by molar-refractivity contribution is 0.0917. The fourth-order valence-corrected chi connectivity index (χ4v) is 4.34. The van der Waals surface area contributed by atoms with E-state index >= 15 is 0 Å². The molecular formula is C20H19BrN2O3S. The second-order valence-electron chi connectivity index (χ2n) is 6.39. The maximum Gasteiger partial charge on any atom is 0.260 e. The fourth-order valence-electron chi connectivity index (χ4n) is 3.13. The molecule has 1 atom stereocenters. The van der Waals surface area contributed by atoms with E-state index in [0.29, 0.717) is 17.2 Å². The molecule has 140 valence electrons. The average molecular weight is 447 g/mol. The molecule has 1 saturated heterocycles. The summed E-state index contributed by atoms with van der Waals surface area (Å²) in [6, 6.07) is 13.2. The van der Waals surface area contributed by atoms with Gasteiger partial charge in [-0.15, -0.1) is 0 Å². The number of aromatic nitrogens is 1. The summed E-state index contributed by atoms with van der Waals surface area (Å²) < 4.78 is 13.0. The van der Waals surface area contributed by atoms with Crippen LogP contribution in [0, 0.1) is 0 Å². The lowest BCUT2D eigenvalue weighted by Gasteiger charge is -2.23. The number of anilines is 1. The van der Waals surface area contributed by atoms with E-state index in [2.05, 4.69) is 15.9 Å². The number of fused-ring (bicyclic) bond motifs is 1. The van der Waals surface area contributed by atoms with Gasteiger partial charge in [-0.25, -0.2) is 4.98 Å². The van der Waals surface area contributed by atoms with E-state index in [1.807, 2.05) is 42.5 Å². The number of amides is 1. The van der Waals surface area contributed by atoms with Crippen LogP contribution in [0.4, 0.5) is 5.13 Å². The predicted octanol–water partition coefficient (Wildman–Crippen LogP) is 4.89. The summed E-state index contributed by atoms with van der Waals surface area (Å²) >= 11 is 4.92. The molecule has 1 aliphatic heterocycles. The highest BCUT2D eigenvalue weighted by molar-refractivity contribution is 9.10. The second kappa shape index (κ2) is 7.96. The molecule has 1 fully saturated rings. The molecule has 2 aromatic carbocycles. The van der Waals surface area contributed by atoms with E-state index < -0.39 is 0 Å². The number of thiazole rings is 1. The van der Waals surface area contributed by atoms with Crippen LogP contribution in [0.1, 0.15) is 23.2 Å². The standard InChI is InChI=1S/C20H19BrN2O3S/c1-25-15-8-9-18-17(11-15)22-20(27-18)23(12-16-3-2-10-26-16)19(24)13-4-6-14(21)7-5-13/h4-9,11,16H,2-3,10,12H2,1H3. The maximum absolute atomic E-state index is 13.2. The lowest BCUT2D eigenvalue weighted by Crippen LogP contribution is -2.37. The molecule has 0 aliphatic carbocycles. The third-order valence-corrected chi connectivity index (χ3v) is 6.15. The first-order valence-corrected chi connectivity index (χ1v) is 10.4. The van der Waals surface area contributed by atoms with E-state index in [1.165, 1.54) is 11.3 Å². The van der Waals surface area contributed by atoms with Crippen molar-refractivity contribution >= 4 is 48.5 Å². The number of hydrogen-bond acceptors (Lipinski definition) is 5. The van der Waals surface area contributed by atoms with Crippen molar-refractivity contribution in [2.75, 3.05) is 25.2 Å². The molecule has 2 heterocycles. The Kier molecular flexibility index (Phi) is 5.43. The van der Waals surface area contributed by atoms with Crippen LogP contribution in [0.2, 0.25) is 0 Å². The molecule has 5 nitrogen and oxygen atoms in total. The molecule has 0 radical (unpaired) electrons. The Morgan fingerprint density at radius 2 is 2.15 bits per heavy atom. The van der Waals surface area contributed by atoms with Gasteiger partial charge in [-0.3, -0.25) is 9.69 Å². The van der Waals surface area contributed by atoms with Crippen molar-refractivity contribution in [2.45, 2.75) is 18.9 Å². The molecule has 1 amide bonds. The molecule has 1 aromatic heterocycles. The first-order valence-electron chi connectivity index (χ1n) is 8.77. The Morgan fingerprint density at radius 3 is 2.85 bits per heavy atom. The molecular weight excluding hydrogens is 428 g/mol. The van der Waals surface area contributed by atoms with Crippen molar-refractivity contribution in [3.8, 4) is 5.75 Å². The van der Waals surface area contributed by atoms with Gasteiger partial charge in [0.15, 0.2) is 5.13 Å². The van der Waals surface area contributed by atoms with Crippen LogP contribution in [0.15, 0.2) is 46.9 Å². The van der Waals surface area contributed by atoms with Crippen molar-refractivity contribution in [1.29, 1.82) is 0 Å². The third kappa shape index (κ3) is 4.00. The zero-order chi connectivity index (χ0) is 18.8. The number of carbonyl (C=O) groups excluding carboxylic acids is 1. The minimum absolute atomic E-state index is 0.0472. The van der Waals surface area contributed by atoms with Gasteiger partial charge >= 0.3 is 0 Å². The maximum atomic E-state index is 13.2. The van der Waals surface area contributed by atoms with E-state index in [1.54, 1.807) is 12.0 Å². The van der Waals surface area contributed by atoms with Gasteiger partial charge in [0.2, 0.25) is 0 Å². The SMILES string of the molecule is COc1ccc2sc(N(CC3CCCO3)C(=O)c3ccc(Br)cc3)nc2c1. The van der Waals surface area contributed by atoms with E-state index in [9.17, 15) is 4.79 Å². The van der Waals surface area contributed by atoms with Crippen LogP contribution in [0.25, 0.3) is 10.2 Å². The molecule has 3 aromatic rings. The highest BCUT2D eigenvalue weighted by Gasteiger charge is 2.27. The van der Waals surface area contributed by atoms with Crippen molar-refractivity contribution < 1.29 is 14.3 Å². The summed E-state index contributed by atoms with van der Waals surface area (Å²) in [5.74, 6) is 0.688. The van der Waals surface area contributed by atoms with Crippen LogP contribution in [0.3, 0.4) is 0 Å². The molecule has 0 N–H and O–H groups in total. The summed E-state index contributed by atoms with van der Waals surface area (Å²) in [6.07, 6.45) is 2.04. The first-order chi connectivity index (χ1) is 13.1. The van der Waals surface area contributed by atoms with Gasteiger partial charge in [-0.05, 0) is 49.2 Å². The molecule has 7 heteroatoms. The molecule has 4 rings (SSSR count). The largest absolute Gasteiger partial charge is 0.497 e. The number of benzene rings is 2. The first kappa shape index (κ1) is 18.4. The number of rotatable bonds is 5. The monoisotopic (exact) mass is 446 g/mol. The normalized spacial score (nSPS) is 16.6. The van der Waals surface area contributed by atoms with Crippen LogP contribution in [0.5, 0.6) is 5.75 Å². The summed E-state index contributed by atoms with van der Waals surface area (Å²) in [5.41, 5.74) is 1.46. The van der Waals surface area contributed by atoms with Crippen molar-refractivity contribution in [2.24, 2.45) is 0 Å². The van der Waals surface area contributed by atoms with Gasteiger partial charge in [0.05, 0.1) is 30.0 Å². The average Bonchev–Trinajstić information content (AvgIpc) is 3.34.